The molecule has 11 heteroatoms. The van der Waals surface area contributed by atoms with Crippen LogP contribution in [0.2, 0.25) is 5.02 Å². The molecule has 0 radical (unpaired) electrons. The van der Waals surface area contributed by atoms with Crippen LogP contribution in [0.25, 0.3) is 10.9 Å². The average Bonchev–Trinajstić information content (AvgIpc) is 2.88. The van der Waals surface area contributed by atoms with E-state index in [0.29, 0.717) is 62.5 Å². The third-order valence-electron chi connectivity index (χ3n) is 7.04. The molecule has 0 amide bonds. The van der Waals surface area contributed by atoms with Crippen LogP contribution in [0.4, 0.5) is 8.78 Å². The van der Waals surface area contributed by atoms with E-state index in [1.165, 1.54) is 0 Å². The smallest absolute Gasteiger partial charge is 0.309 e. The summed E-state index contributed by atoms with van der Waals surface area (Å²) in [5, 5.41) is 11.5. The number of rotatable bonds is 10. The van der Waals surface area contributed by atoms with Crippen LogP contribution in [-0.4, -0.2) is 54.3 Å². The molecule has 0 unspecified atom stereocenters. The van der Waals surface area contributed by atoms with E-state index in [4.69, 9.17) is 21.1 Å². The number of hydrogen-bond donors (Lipinski definition) is 1. The molecule has 1 aliphatic rings. The number of aryl methyl sites for hydroxylation is 1. The minimum atomic E-state index is -0.807. The van der Waals surface area contributed by atoms with Gasteiger partial charge in [-0.1, -0.05) is 11.6 Å². The number of halogens is 5. The summed E-state index contributed by atoms with van der Waals surface area (Å²) in [5.74, 6) is -1.36. The first kappa shape index (κ1) is 31.8. The number of hydrogen-bond acceptors (Lipinski definition) is 5. The van der Waals surface area contributed by atoms with Crippen molar-refractivity contribution in [2.45, 2.75) is 32.1 Å². The number of piperidine rings is 1. The van der Waals surface area contributed by atoms with Crippen LogP contribution in [0.1, 0.15) is 31.2 Å². The molecule has 2 aromatic carbocycles. The Morgan fingerprint density at radius 1 is 1.16 bits per heavy atom. The monoisotopic (exact) mass is 590 g/mol. The van der Waals surface area contributed by atoms with E-state index >= 15 is 0 Å². The fourth-order valence-electron chi connectivity index (χ4n) is 4.83. The molecular formula is C27H31Cl3F2N2O4. The molecule has 4 rings (SSSR count). The number of carbonyl (C=O) groups is 1. The Morgan fingerprint density at radius 3 is 2.58 bits per heavy atom. The van der Waals surface area contributed by atoms with Gasteiger partial charge < -0.3 is 14.6 Å². The summed E-state index contributed by atoms with van der Waals surface area (Å²) in [6, 6.07) is 8.74. The molecule has 38 heavy (non-hydrogen) atoms. The van der Waals surface area contributed by atoms with Crippen LogP contribution in [0.15, 0.2) is 42.6 Å². The van der Waals surface area contributed by atoms with Gasteiger partial charge in [0.2, 0.25) is 0 Å². The largest absolute Gasteiger partial charge is 0.497 e. The number of fused-ring (bicyclic) bond motifs is 1. The quantitative estimate of drug-likeness (QED) is 0.287. The molecule has 3 aromatic rings. The lowest BCUT2D eigenvalue weighted by molar-refractivity contribution is -0.152. The van der Waals surface area contributed by atoms with E-state index in [9.17, 15) is 18.7 Å². The molecule has 6 nitrogen and oxygen atoms in total. The van der Waals surface area contributed by atoms with Gasteiger partial charge in [0.1, 0.15) is 18.2 Å². The summed E-state index contributed by atoms with van der Waals surface area (Å²) in [6.07, 6.45) is 4.49. The summed E-state index contributed by atoms with van der Waals surface area (Å²) in [4.78, 5) is 18.8. The van der Waals surface area contributed by atoms with Crippen molar-refractivity contribution in [1.29, 1.82) is 0 Å². The van der Waals surface area contributed by atoms with Gasteiger partial charge in [-0.25, -0.2) is 8.78 Å². The maximum absolute atomic E-state index is 13.7. The van der Waals surface area contributed by atoms with E-state index in [-0.39, 0.29) is 37.2 Å². The second-order valence-corrected chi connectivity index (χ2v) is 9.58. The normalized spacial score (nSPS) is 14.8. The van der Waals surface area contributed by atoms with Crippen LogP contribution in [-0.2, 0) is 11.2 Å². The third kappa shape index (κ3) is 7.38. The first-order chi connectivity index (χ1) is 17.3. The molecule has 0 aliphatic carbocycles. The van der Waals surface area contributed by atoms with Gasteiger partial charge in [0.25, 0.3) is 0 Å². The van der Waals surface area contributed by atoms with Crippen LogP contribution < -0.4 is 9.47 Å². The number of nitrogens with zero attached hydrogens (tertiary/aromatic N) is 2. The second kappa shape index (κ2) is 14.1. The number of likely N-dealkylation sites (tertiary alicyclic amines) is 1. The standard InChI is InChI=1S/C27H29ClF2N2O4.2ClH/c1-35-19-5-7-24-21(16-19)20(22(28)17-31-24)3-2-8-27(26(33)34)9-11-32(12-10-27)13-14-36-25-15-18(29)4-6-23(25)30;;/h4-7,15-17H,2-3,8-14H2,1H3,(H,33,34);2*1H. The van der Waals surface area contributed by atoms with Crippen LogP contribution in [0.5, 0.6) is 11.5 Å². The number of carboxylic acids is 1. The van der Waals surface area contributed by atoms with Gasteiger partial charge >= 0.3 is 5.97 Å². The van der Waals surface area contributed by atoms with Gasteiger partial charge in [-0.05, 0) is 81.1 Å². The third-order valence-corrected chi connectivity index (χ3v) is 7.37. The topological polar surface area (TPSA) is 71.9 Å². The molecule has 1 aliphatic heterocycles. The maximum Gasteiger partial charge on any atom is 0.309 e. The van der Waals surface area contributed by atoms with Crippen molar-refractivity contribution in [3.63, 3.8) is 0 Å². The molecule has 1 saturated heterocycles. The van der Waals surface area contributed by atoms with Crippen molar-refractivity contribution >= 4 is 53.3 Å². The maximum atomic E-state index is 13.7. The van der Waals surface area contributed by atoms with E-state index in [1.54, 1.807) is 13.3 Å². The zero-order valence-corrected chi connectivity index (χ0v) is 23.3. The number of carboxylic acid groups (broad SMARTS) is 1. The summed E-state index contributed by atoms with van der Waals surface area (Å²) in [5.41, 5.74) is 0.955. The van der Waals surface area contributed by atoms with Crippen molar-refractivity contribution in [3.05, 3.63) is 64.8 Å². The number of pyridine rings is 1. The predicted molar refractivity (Wildman–Crippen MR) is 148 cm³/mol. The minimum Gasteiger partial charge on any atom is -0.497 e. The van der Waals surface area contributed by atoms with Gasteiger partial charge in [0.05, 0.1) is 23.1 Å². The summed E-state index contributed by atoms with van der Waals surface area (Å²) in [6.45, 7) is 1.89. The van der Waals surface area contributed by atoms with Crippen molar-refractivity contribution in [2.75, 3.05) is 33.4 Å². The Hall–Kier alpha value is -2.39. The molecular weight excluding hydrogens is 561 g/mol. The summed E-state index contributed by atoms with van der Waals surface area (Å²) in [7, 11) is 1.60. The molecule has 0 bridgehead atoms. The molecule has 2 heterocycles. The van der Waals surface area contributed by atoms with Crippen LogP contribution in [0, 0.1) is 17.0 Å². The molecule has 1 N–H and O–H groups in total. The summed E-state index contributed by atoms with van der Waals surface area (Å²) < 4.78 is 37.8. The predicted octanol–water partition coefficient (Wildman–Crippen LogP) is 6.59. The Morgan fingerprint density at radius 2 is 1.89 bits per heavy atom. The molecule has 208 valence electrons. The van der Waals surface area contributed by atoms with E-state index in [0.717, 1.165) is 34.7 Å². The zero-order valence-electron chi connectivity index (χ0n) is 20.9. The number of aromatic nitrogens is 1. The van der Waals surface area contributed by atoms with Gasteiger partial charge in [0, 0.05) is 24.2 Å². The minimum absolute atomic E-state index is 0. The van der Waals surface area contributed by atoms with Crippen molar-refractivity contribution < 1.29 is 28.2 Å². The highest BCUT2D eigenvalue weighted by atomic mass is 35.5. The lowest BCUT2D eigenvalue weighted by Gasteiger charge is -2.39. The number of aliphatic carboxylic acids is 1. The van der Waals surface area contributed by atoms with E-state index < -0.39 is 23.0 Å². The molecule has 0 spiro atoms. The second-order valence-electron chi connectivity index (χ2n) is 9.17. The lowest BCUT2D eigenvalue weighted by Crippen LogP contribution is -2.45. The number of ether oxygens (including phenoxy) is 2. The Bertz CT molecular complexity index is 1240. The van der Waals surface area contributed by atoms with Crippen molar-refractivity contribution in [2.24, 2.45) is 5.41 Å². The molecule has 0 saturated carbocycles. The van der Waals surface area contributed by atoms with Gasteiger partial charge in [-0.3, -0.25) is 14.7 Å². The SMILES string of the molecule is COc1ccc2ncc(Cl)c(CCCC3(C(=O)O)CCN(CCOc4cc(F)ccc4F)CC3)c2c1.Cl.Cl. The highest BCUT2D eigenvalue weighted by Gasteiger charge is 2.40. The van der Waals surface area contributed by atoms with Gasteiger partial charge in [0.15, 0.2) is 11.6 Å². The first-order valence-corrected chi connectivity index (χ1v) is 12.3. The molecule has 1 aromatic heterocycles. The van der Waals surface area contributed by atoms with E-state index in [2.05, 4.69) is 9.88 Å². The summed E-state index contributed by atoms with van der Waals surface area (Å²) >= 11 is 6.47. The van der Waals surface area contributed by atoms with Gasteiger partial charge in [-0.15, -0.1) is 24.8 Å². The lowest BCUT2D eigenvalue weighted by atomic mass is 9.74. The zero-order chi connectivity index (χ0) is 25.7. The Balaban J connectivity index is 0.00000253. The molecule has 1 fully saturated rings. The Kier molecular flexibility index (Phi) is 11.8. The fourth-order valence-corrected chi connectivity index (χ4v) is 5.08. The fraction of sp³-hybridized carbons (Fsp3) is 0.407. The van der Waals surface area contributed by atoms with Crippen LogP contribution >= 0.6 is 36.4 Å². The van der Waals surface area contributed by atoms with Crippen molar-refractivity contribution in [1.82, 2.24) is 9.88 Å². The molecule has 0 atom stereocenters. The van der Waals surface area contributed by atoms with Crippen LogP contribution in [0.3, 0.4) is 0 Å². The number of methoxy groups -OCH3 is 1. The van der Waals surface area contributed by atoms with Gasteiger partial charge in [-0.2, -0.15) is 0 Å². The average molecular weight is 592 g/mol. The van der Waals surface area contributed by atoms with Crippen molar-refractivity contribution in [3.8, 4) is 11.5 Å². The Labute approximate surface area is 238 Å². The number of benzene rings is 2. The first-order valence-electron chi connectivity index (χ1n) is 12.0. The highest BCUT2D eigenvalue weighted by molar-refractivity contribution is 6.32. The highest BCUT2D eigenvalue weighted by Crippen LogP contribution is 2.38. The van der Waals surface area contributed by atoms with E-state index in [1.807, 2.05) is 18.2 Å².